The molecule has 0 radical (unpaired) electrons. The number of carbonyl (C=O) groups excluding carboxylic acids is 1. The Balaban J connectivity index is 0.00000176. The van der Waals surface area contributed by atoms with Crippen LogP contribution in [0.2, 0.25) is 0 Å². The SMILES string of the molecule is Cc1cc(C)cc(C(=O)NC2CC3CCC(C2)N3C=N)c1.Cl. The van der Waals surface area contributed by atoms with Gasteiger partial charge in [-0.3, -0.25) is 10.2 Å². The van der Waals surface area contributed by atoms with Crippen molar-refractivity contribution in [3.8, 4) is 0 Å². The highest BCUT2D eigenvalue weighted by molar-refractivity contribution is 5.94. The van der Waals surface area contributed by atoms with Gasteiger partial charge in [-0.05, 0) is 51.7 Å². The Morgan fingerprint density at radius 1 is 1.18 bits per heavy atom. The van der Waals surface area contributed by atoms with Crippen LogP contribution in [0.15, 0.2) is 18.2 Å². The quantitative estimate of drug-likeness (QED) is 0.664. The van der Waals surface area contributed by atoms with Gasteiger partial charge in [0.1, 0.15) is 0 Å². The second-order valence-corrected chi connectivity index (χ2v) is 6.48. The average Bonchev–Trinajstić information content (AvgIpc) is 2.67. The first kappa shape index (κ1) is 16.8. The van der Waals surface area contributed by atoms with E-state index in [0.29, 0.717) is 12.1 Å². The highest BCUT2D eigenvalue weighted by atomic mass is 35.5. The van der Waals surface area contributed by atoms with Gasteiger partial charge < -0.3 is 10.2 Å². The lowest BCUT2D eigenvalue weighted by molar-refractivity contribution is 0.0906. The zero-order chi connectivity index (χ0) is 15.0. The Morgan fingerprint density at radius 3 is 2.23 bits per heavy atom. The summed E-state index contributed by atoms with van der Waals surface area (Å²) in [6.45, 7) is 4.04. The molecule has 1 amide bonds. The van der Waals surface area contributed by atoms with E-state index >= 15 is 0 Å². The van der Waals surface area contributed by atoms with E-state index in [2.05, 4.69) is 16.3 Å². The number of benzene rings is 1. The van der Waals surface area contributed by atoms with Gasteiger partial charge in [-0.1, -0.05) is 17.2 Å². The van der Waals surface area contributed by atoms with Gasteiger partial charge in [-0.15, -0.1) is 12.4 Å². The molecule has 2 unspecified atom stereocenters. The number of aryl methyl sites for hydroxylation is 2. The van der Waals surface area contributed by atoms with Gasteiger partial charge >= 0.3 is 0 Å². The smallest absolute Gasteiger partial charge is 0.251 e. The van der Waals surface area contributed by atoms with E-state index in [1.165, 1.54) is 6.34 Å². The van der Waals surface area contributed by atoms with Crippen LogP contribution in [0.3, 0.4) is 0 Å². The van der Waals surface area contributed by atoms with Crippen molar-refractivity contribution in [2.45, 2.75) is 57.7 Å². The van der Waals surface area contributed by atoms with Crippen LogP contribution in [0, 0.1) is 19.3 Å². The fraction of sp³-hybridized carbons (Fsp3) is 0.529. The van der Waals surface area contributed by atoms with Crippen LogP contribution < -0.4 is 5.32 Å². The van der Waals surface area contributed by atoms with E-state index in [-0.39, 0.29) is 24.4 Å². The third-order valence-corrected chi connectivity index (χ3v) is 4.76. The number of fused-ring (bicyclic) bond motifs is 2. The van der Waals surface area contributed by atoms with E-state index in [4.69, 9.17) is 5.41 Å². The molecule has 0 aliphatic carbocycles. The normalized spacial score (nSPS) is 26.3. The number of nitrogens with one attached hydrogen (secondary N) is 2. The van der Waals surface area contributed by atoms with Crippen molar-refractivity contribution in [2.75, 3.05) is 0 Å². The molecule has 2 aliphatic rings. The maximum atomic E-state index is 12.4. The highest BCUT2D eigenvalue weighted by Gasteiger charge is 2.39. The minimum Gasteiger partial charge on any atom is -0.357 e. The third kappa shape index (κ3) is 3.27. The van der Waals surface area contributed by atoms with Crippen molar-refractivity contribution in [2.24, 2.45) is 0 Å². The van der Waals surface area contributed by atoms with E-state index < -0.39 is 0 Å². The van der Waals surface area contributed by atoms with Crippen molar-refractivity contribution < 1.29 is 4.79 Å². The first-order valence-electron chi connectivity index (χ1n) is 7.74. The molecule has 22 heavy (non-hydrogen) atoms. The molecule has 2 aliphatic heterocycles. The predicted molar refractivity (Wildman–Crippen MR) is 91.1 cm³/mol. The fourth-order valence-corrected chi connectivity index (χ4v) is 3.92. The number of rotatable bonds is 3. The van der Waals surface area contributed by atoms with Gasteiger partial charge in [-0.25, -0.2) is 0 Å². The molecular formula is C17H24ClN3O. The molecule has 2 heterocycles. The number of hydrogen-bond acceptors (Lipinski definition) is 2. The Labute approximate surface area is 138 Å². The highest BCUT2D eigenvalue weighted by Crippen LogP contribution is 2.34. The Hall–Kier alpha value is -1.55. The largest absolute Gasteiger partial charge is 0.357 e. The Morgan fingerprint density at radius 2 is 1.73 bits per heavy atom. The molecule has 2 atom stereocenters. The average molecular weight is 322 g/mol. The molecule has 2 N–H and O–H groups in total. The van der Waals surface area contributed by atoms with Crippen LogP contribution in [0.25, 0.3) is 0 Å². The first-order valence-corrected chi connectivity index (χ1v) is 7.74. The molecule has 2 saturated heterocycles. The molecule has 0 aromatic heterocycles. The molecular weight excluding hydrogens is 298 g/mol. The Bertz CT molecular complexity index is 541. The van der Waals surface area contributed by atoms with E-state index in [0.717, 1.165) is 42.4 Å². The topological polar surface area (TPSA) is 56.2 Å². The van der Waals surface area contributed by atoms with Gasteiger partial charge in [0, 0.05) is 23.7 Å². The molecule has 1 aromatic rings. The van der Waals surface area contributed by atoms with E-state index in [9.17, 15) is 4.79 Å². The van der Waals surface area contributed by atoms with Gasteiger partial charge in [-0.2, -0.15) is 0 Å². The molecule has 3 rings (SSSR count). The summed E-state index contributed by atoms with van der Waals surface area (Å²) in [5.41, 5.74) is 3.01. The van der Waals surface area contributed by atoms with Gasteiger partial charge in [0.05, 0.1) is 6.34 Å². The standard InChI is InChI=1S/C17H23N3O.ClH/c1-11-5-12(2)7-13(6-11)17(21)19-14-8-15-3-4-16(9-14)20(15)10-18;/h5-7,10,14-16,18H,3-4,8-9H2,1-2H3,(H,19,21);1H. The molecule has 4 nitrogen and oxygen atoms in total. The van der Waals surface area contributed by atoms with Crippen molar-refractivity contribution in [1.29, 1.82) is 5.41 Å². The third-order valence-electron chi connectivity index (χ3n) is 4.76. The molecule has 1 aromatic carbocycles. The second-order valence-electron chi connectivity index (χ2n) is 6.48. The number of hydrogen-bond donors (Lipinski definition) is 2. The maximum Gasteiger partial charge on any atom is 0.251 e. The van der Waals surface area contributed by atoms with E-state index in [1.807, 2.05) is 26.0 Å². The predicted octanol–water partition coefficient (Wildman–Crippen LogP) is 3.06. The monoisotopic (exact) mass is 321 g/mol. The number of nitrogens with zero attached hydrogens (tertiary/aromatic N) is 1. The Kier molecular flexibility index (Phi) is 5.12. The zero-order valence-electron chi connectivity index (χ0n) is 13.1. The summed E-state index contributed by atoms with van der Waals surface area (Å²) < 4.78 is 0. The summed E-state index contributed by atoms with van der Waals surface area (Å²) in [5.74, 6) is 0.0366. The summed E-state index contributed by atoms with van der Waals surface area (Å²) in [6.07, 6.45) is 5.70. The fourth-order valence-electron chi connectivity index (χ4n) is 3.92. The molecule has 120 valence electrons. The zero-order valence-corrected chi connectivity index (χ0v) is 14.0. The first-order chi connectivity index (χ1) is 10.1. The van der Waals surface area contributed by atoms with Crippen molar-refractivity contribution in [3.63, 3.8) is 0 Å². The molecule has 0 spiro atoms. The van der Waals surface area contributed by atoms with Crippen LogP contribution in [0.4, 0.5) is 0 Å². The number of piperidine rings is 1. The van der Waals surface area contributed by atoms with Crippen molar-refractivity contribution in [3.05, 3.63) is 34.9 Å². The minimum absolute atomic E-state index is 0. The van der Waals surface area contributed by atoms with E-state index in [1.54, 1.807) is 0 Å². The van der Waals surface area contributed by atoms with Gasteiger partial charge in [0.2, 0.25) is 0 Å². The molecule has 5 heteroatoms. The summed E-state index contributed by atoms with van der Waals surface area (Å²) in [4.78, 5) is 14.6. The summed E-state index contributed by atoms with van der Waals surface area (Å²) in [7, 11) is 0. The van der Waals surface area contributed by atoms with Crippen LogP contribution >= 0.6 is 12.4 Å². The maximum absolute atomic E-state index is 12.4. The van der Waals surface area contributed by atoms with Crippen molar-refractivity contribution in [1.82, 2.24) is 10.2 Å². The summed E-state index contributed by atoms with van der Waals surface area (Å²) >= 11 is 0. The summed E-state index contributed by atoms with van der Waals surface area (Å²) in [6, 6.07) is 7.09. The summed E-state index contributed by atoms with van der Waals surface area (Å²) in [5, 5.41) is 10.7. The number of carbonyl (C=O) groups is 1. The van der Waals surface area contributed by atoms with Crippen molar-refractivity contribution >= 4 is 24.7 Å². The molecule has 2 fully saturated rings. The van der Waals surface area contributed by atoms with Crippen LogP contribution in [0.1, 0.15) is 47.2 Å². The minimum atomic E-state index is 0. The van der Waals surface area contributed by atoms with Crippen LogP contribution in [-0.4, -0.2) is 35.3 Å². The lowest BCUT2D eigenvalue weighted by Crippen LogP contribution is -2.49. The van der Waals surface area contributed by atoms with Gasteiger partial charge in [0.15, 0.2) is 0 Å². The molecule has 0 saturated carbocycles. The number of halogens is 1. The van der Waals surface area contributed by atoms with Crippen LogP contribution in [-0.2, 0) is 0 Å². The van der Waals surface area contributed by atoms with Gasteiger partial charge in [0.25, 0.3) is 5.91 Å². The lowest BCUT2D eigenvalue weighted by atomic mass is 9.97. The molecule has 2 bridgehead atoms. The van der Waals surface area contributed by atoms with Crippen LogP contribution in [0.5, 0.6) is 0 Å². The second kappa shape index (κ2) is 6.69. The number of amides is 1. The lowest BCUT2D eigenvalue weighted by Gasteiger charge is -2.37.